The molecule has 1 saturated carbocycles. The zero-order chi connectivity index (χ0) is 20.4. The summed E-state index contributed by atoms with van der Waals surface area (Å²) < 4.78 is 24.7. The summed E-state index contributed by atoms with van der Waals surface area (Å²) >= 11 is 0. The van der Waals surface area contributed by atoms with Gasteiger partial charge >= 0.3 is 0 Å². The highest BCUT2D eigenvalue weighted by molar-refractivity contribution is 5.43. The largest absolute Gasteiger partial charge is 0.493 e. The molecule has 2 fully saturated rings. The maximum absolute atomic E-state index is 13.8. The first kappa shape index (κ1) is 20.2. The first-order valence-corrected chi connectivity index (χ1v) is 10.6. The number of quaternary nitrogens is 1. The average molecular weight is 401 g/mol. The van der Waals surface area contributed by atoms with Gasteiger partial charge in [0, 0.05) is 23.5 Å². The maximum Gasteiger partial charge on any atom is 0.161 e. The number of ether oxygens (including phenoxy) is 2. The van der Waals surface area contributed by atoms with Crippen LogP contribution in [0.4, 0.5) is 4.39 Å². The fourth-order valence-electron chi connectivity index (χ4n) is 5.48. The summed E-state index contributed by atoms with van der Waals surface area (Å²) in [5, 5.41) is 11.4. The standard InChI is InChI=1S/C24H30FNO3/c1-28-21-10-9-18(15-22(21)29-2)23-20-8-3-4-11-24(20,27)12-13-26(23)16-17-6-5-7-19(25)14-17/h5-7,9-10,14-15,20,23,27H,3-4,8,11-13,16H2,1-2H3/p+1/t20-,23-,24-/m0/s1. The van der Waals surface area contributed by atoms with E-state index >= 15 is 0 Å². The van der Waals surface area contributed by atoms with E-state index in [2.05, 4.69) is 12.1 Å². The van der Waals surface area contributed by atoms with Crippen molar-refractivity contribution in [2.45, 2.75) is 50.3 Å². The number of hydrogen-bond donors (Lipinski definition) is 2. The van der Waals surface area contributed by atoms with Crippen LogP contribution in [0.25, 0.3) is 0 Å². The highest BCUT2D eigenvalue weighted by Gasteiger charge is 2.51. The van der Waals surface area contributed by atoms with Gasteiger partial charge < -0.3 is 19.5 Å². The first-order chi connectivity index (χ1) is 14.0. The fraction of sp³-hybridized carbons (Fsp3) is 0.500. The van der Waals surface area contributed by atoms with Crippen LogP contribution in [0.3, 0.4) is 0 Å². The number of nitrogens with one attached hydrogen (secondary N) is 1. The Morgan fingerprint density at radius 3 is 2.66 bits per heavy atom. The van der Waals surface area contributed by atoms with Crippen LogP contribution in [0.15, 0.2) is 42.5 Å². The van der Waals surface area contributed by atoms with Crippen molar-refractivity contribution >= 4 is 0 Å². The number of halogens is 1. The second kappa shape index (κ2) is 8.33. The third-order valence-electron chi connectivity index (χ3n) is 6.87. The van der Waals surface area contributed by atoms with Gasteiger partial charge in [-0.1, -0.05) is 25.0 Å². The van der Waals surface area contributed by atoms with E-state index in [9.17, 15) is 9.50 Å². The third kappa shape index (κ3) is 3.99. The van der Waals surface area contributed by atoms with Gasteiger partial charge in [-0.25, -0.2) is 4.39 Å². The number of benzene rings is 2. The van der Waals surface area contributed by atoms with E-state index in [1.807, 2.05) is 12.1 Å². The van der Waals surface area contributed by atoms with Crippen molar-refractivity contribution in [3.05, 3.63) is 59.4 Å². The maximum atomic E-state index is 13.8. The Hall–Kier alpha value is -2.11. The molecule has 156 valence electrons. The molecule has 4 atom stereocenters. The summed E-state index contributed by atoms with van der Waals surface area (Å²) in [6.07, 6.45) is 4.91. The molecule has 29 heavy (non-hydrogen) atoms. The predicted octanol–water partition coefficient (Wildman–Crippen LogP) is 3.29. The van der Waals surface area contributed by atoms with Crippen LogP contribution in [-0.4, -0.2) is 31.5 Å². The average Bonchev–Trinajstić information content (AvgIpc) is 2.73. The molecular weight excluding hydrogens is 369 g/mol. The Morgan fingerprint density at radius 2 is 1.90 bits per heavy atom. The smallest absolute Gasteiger partial charge is 0.161 e. The Kier molecular flexibility index (Phi) is 5.79. The van der Waals surface area contributed by atoms with Gasteiger partial charge in [-0.15, -0.1) is 0 Å². The van der Waals surface area contributed by atoms with E-state index in [0.29, 0.717) is 11.5 Å². The molecule has 5 heteroatoms. The van der Waals surface area contributed by atoms with Crippen molar-refractivity contribution in [2.24, 2.45) is 5.92 Å². The minimum Gasteiger partial charge on any atom is -0.493 e. The molecule has 4 nitrogen and oxygen atoms in total. The quantitative estimate of drug-likeness (QED) is 0.809. The molecule has 2 aromatic rings. The van der Waals surface area contributed by atoms with Gasteiger partial charge in [0.2, 0.25) is 0 Å². The molecular formula is C24H31FNO3+. The number of likely N-dealkylation sites (tertiary alicyclic amines) is 1. The summed E-state index contributed by atoms with van der Waals surface area (Å²) in [6.45, 7) is 1.60. The van der Waals surface area contributed by atoms with Gasteiger partial charge in [0.15, 0.2) is 11.5 Å². The van der Waals surface area contributed by atoms with Crippen LogP contribution in [0.5, 0.6) is 11.5 Å². The molecule has 2 aliphatic rings. The van der Waals surface area contributed by atoms with Crippen LogP contribution >= 0.6 is 0 Å². The van der Waals surface area contributed by atoms with Crippen LogP contribution in [-0.2, 0) is 6.54 Å². The molecule has 0 aromatic heterocycles. The fourth-order valence-corrected chi connectivity index (χ4v) is 5.48. The molecule has 4 rings (SSSR count). The van der Waals surface area contributed by atoms with Crippen molar-refractivity contribution in [3.63, 3.8) is 0 Å². The lowest BCUT2D eigenvalue weighted by molar-refractivity contribution is -0.958. The summed E-state index contributed by atoms with van der Waals surface area (Å²) in [5.74, 6) is 1.40. The van der Waals surface area contributed by atoms with E-state index < -0.39 is 5.60 Å². The third-order valence-corrected chi connectivity index (χ3v) is 6.87. The topological polar surface area (TPSA) is 43.1 Å². The molecule has 0 bridgehead atoms. The lowest BCUT2D eigenvalue weighted by Gasteiger charge is -2.50. The molecule has 0 radical (unpaired) electrons. The molecule has 2 N–H and O–H groups in total. The molecule has 1 unspecified atom stereocenters. The minimum absolute atomic E-state index is 0.136. The number of piperidine rings is 1. The van der Waals surface area contributed by atoms with E-state index in [0.717, 1.165) is 56.3 Å². The Labute approximate surface area is 172 Å². The van der Waals surface area contributed by atoms with Gasteiger partial charge in [0.05, 0.1) is 26.4 Å². The van der Waals surface area contributed by atoms with Crippen molar-refractivity contribution in [1.29, 1.82) is 0 Å². The molecule has 0 amide bonds. The summed E-state index contributed by atoms with van der Waals surface area (Å²) in [5.41, 5.74) is 1.53. The number of aliphatic hydroxyl groups is 1. The second-order valence-corrected chi connectivity index (χ2v) is 8.51. The van der Waals surface area contributed by atoms with Gasteiger partial charge in [-0.2, -0.15) is 0 Å². The van der Waals surface area contributed by atoms with Crippen LogP contribution < -0.4 is 14.4 Å². The van der Waals surface area contributed by atoms with Gasteiger partial charge in [0.25, 0.3) is 0 Å². The van der Waals surface area contributed by atoms with E-state index in [4.69, 9.17) is 9.47 Å². The van der Waals surface area contributed by atoms with E-state index in [1.54, 1.807) is 26.4 Å². The molecule has 1 saturated heterocycles. The van der Waals surface area contributed by atoms with Crippen molar-refractivity contribution < 1.29 is 23.9 Å². The Bertz CT molecular complexity index is 858. The SMILES string of the molecule is COc1ccc([C@H]2[C@@H]3CCCC[C@]3(O)CC[NH+]2Cc2cccc(F)c2)cc1OC. The normalized spacial score (nSPS) is 29.2. The van der Waals surface area contributed by atoms with Gasteiger partial charge in [0.1, 0.15) is 18.4 Å². The van der Waals surface area contributed by atoms with Crippen LogP contribution in [0.1, 0.15) is 49.3 Å². The predicted molar refractivity (Wildman–Crippen MR) is 110 cm³/mol. The van der Waals surface area contributed by atoms with Crippen LogP contribution in [0, 0.1) is 11.7 Å². The lowest BCUT2D eigenvalue weighted by atomic mass is 9.66. The van der Waals surface area contributed by atoms with E-state index in [-0.39, 0.29) is 17.8 Å². The highest BCUT2D eigenvalue weighted by Crippen LogP contribution is 2.45. The molecule has 1 aliphatic heterocycles. The van der Waals surface area contributed by atoms with Crippen molar-refractivity contribution in [2.75, 3.05) is 20.8 Å². The number of fused-ring (bicyclic) bond motifs is 1. The second-order valence-electron chi connectivity index (χ2n) is 8.51. The monoisotopic (exact) mass is 400 g/mol. The molecule has 1 aliphatic carbocycles. The Balaban J connectivity index is 1.72. The molecule has 1 heterocycles. The minimum atomic E-state index is -0.610. The number of rotatable bonds is 5. The summed E-state index contributed by atoms with van der Waals surface area (Å²) in [6, 6.07) is 13.1. The highest BCUT2D eigenvalue weighted by atomic mass is 19.1. The zero-order valence-electron chi connectivity index (χ0n) is 17.3. The van der Waals surface area contributed by atoms with Crippen molar-refractivity contribution in [3.8, 4) is 11.5 Å². The zero-order valence-corrected chi connectivity index (χ0v) is 17.3. The number of hydrogen-bond acceptors (Lipinski definition) is 3. The van der Waals surface area contributed by atoms with Gasteiger partial charge in [-0.05, 0) is 43.2 Å². The Morgan fingerprint density at radius 1 is 1.07 bits per heavy atom. The number of methoxy groups -OCH3 is 2. The molecule has 2 aromatic carbocycles. The summed E-state index contributed by atoms with van der Waals surface area (Å²) in [7, 11) is 3.29. The summed E-state index contributed by atoms with van der Waals surface area (Å²) in [4.78, 5) is 1.37. The van der Waals surface area contributed by atoms with Crippen molar-refractivity contribution in [1.82, 2.24) is 0 Å². The van der Waals surface area contributed by atoms with Crippen LogP contribution in [0.2, 0.25) is 0 Å². The lowest BCUT2D eigenvalue weighted by Crippen LogP contribution is -3.13. The first-order valence-electron chi connectivity index (χ1n) is 10.6. The van der Waals surface area contributed by atoms with E-state index in [1.165, 1.54) is 11.0 Å². The van der Waals surface area contributed by atoms with Gasteiger partial charge in [-0.3, -0.25) is 0 Å². The molecule has 0 spiro atoms.